The monoisotopic (exact) mass is 341 g/mol. The molecule has 0 amide bonds. The second-order valence-electron chi connectivity index (χ2n) is 5.97. The van der Waals surface area contributed by atoms with Crippen molar-refractivity contribution in [2.75, 3.05) is 6.54 Å². The zero-order valence-corrected chi connectivity index (χ0v) is 14.4. The number of benzene rings is 1. The van der Waals surface area contributed by atoms with Crippen LogP contribution >= 0.6 is 0 Å². The topological polar surface area (TPSA) is 72.4 Å². The largest absolute Gasteiger partial charge is 0.486 e. The molecule has 2 unspecified atom stereocenters. The second kappa shape index (κ2) is 8.00. The molecular formula is C19H23N3O3. The number of aliphatic hydroxyl groups excluding tert-OH is 1. The molecule has 2 heterocycles. The maximum absolute atomic E-state index is 10.0. The highest BCUT2D eigenvalue weighted by molar-refractivity contribution is 5.29. The minimum Gasteiger partial charge on any atom is -0.486 e. The van der Waals surface area contributed by atoms with Gasteiger partial charge in [-0.15, -0.1) is 0 Å². The number of aryl methyl sites for hydroxylation is 1. The summed E-state index contributed by atoms with van der Waals surface area (Å²) in [5.74, 6) is 2.25. The van der Waals surface area contributed by atoms with Crippen molar-refractivity contribution in [2.24, 2.45) is 7.05 Å². The maximum atomic E-state index is 10.0. The fraction of sp³-hybridized carbons (Fsp3) is 0.316. The van der Waals surface area contributed by atoms with Crippen molar-refractivity contribution in [1.29, 1.82) is 0 Å². The minimum atomic E-state index is -0.655. The van der Waals surface area contributed by atoms with Crippen molar-refractivity contribution in [2.45, 2.75) is 25.7 Å². The smallest absolute Gasteiger partial charge is 0.146 e. The molecule has 1 aromatic carbocycles. The van der Waals surface area contributed by atoms with Crippen LogP contribution in [0.4, 0.5) is 0 Å². The number of furan rings is 1. The van der Waals surface area contributed by atoms with Crippen LogP contribution in [0.3, 0.4) is 0 Å². The van der Waals surface area contributed by atoms with Crippen molar-refractivity contribution >= 4 is 0 Å². The van der Waals surface area contributed by atoms with E-state index in [1.807, 2.05) is 42.1 Å². The molecule has 3 aromatic rings. The van der Waals surface area contributed by atoms with Gasteiger partial charge in [0.2, 0.25) is 0 Å². The van der Waals surface area contributed by atoms with E-state index in [4.69, 9.17) is 9.15 Å². The van der Waals surface area contributed by atoms with E-state index in [9.17, 15) is 5.11 Å². The molecule has 0 aliphatic carbocycles. The molecule has 0 spiro atoms. The van der Waals surface area contributed by atoms with Gasteiger partial charge in [0.15, 0.2) is 0 Å². The predicted molar refractivity (Wildman–Crippen MR) is 94.1 cm³/mol. The van der Waals surface area contributed by atoms with Crippen molar-refractivity contribution in [1.82, 2.24) is 14.9 Å². The minimum absolute atomic E-state index is 0.105. The van der Waals surface area contributed by atoms with Gasteiger partial charge in [0.1, 0.15) is 30.0 Å². The Labute approximate surface area is 147 Å². The van der Waals surface area contributed by atoms with Crippen molar-refractivity contribution < 1.29 is 14.3 Å². The standard InChI is InChI=1S/C19H23N3O3/c1-14(21-12-17(23)18-4-3-11-24-18)15-5-7-16(8-6-15)25-13-19-20-9-10-22(19)2/h3-11,14,17,21,23H,12-13H2,1-2H3. The summed E-state index contributed by atoms with van der Waals surface area (Å²) in [6.45, 7) is 2.91. The van der Waals surface area contributed by atoms with Gasteiger partial charge in [-0.05, 0) is 36.8 Å². The summed E-state index contributed by atoms with van der Waals surface area (Å²) >= 11 is 0. The number of rotatable bonds is 8. The highest BCUT2D eigenvalue weighted by Gasteiger charge is 2.12. The lowest BCUT2D eigenvalue weighted by Gasteiger charge is -2.17. The number of hydrogen-bond donors (Lipinski definition) is 2. The summed E-state index contributed by atoms with van der Waals surface area (Å²) in [6, 6.07) is 11.6. The Hall–Kier alpha value is -2.57. The zero-order chi connectivity index (χ0) is 17.6. The van der Waals surface area contributed by atoms with Crippen molar-refractivity contribution in [3.05, 3.63) is 72.2 Å². The number of nitrogens with zero attached hydrogens (tertiary/aromatic N) is 2. The molecule has 2 aromatic heterocycles. The molecule has 0 saturated heterocycles. The van der Waals surface area contributed by atoms with Crippen LogP contribution in [0, 0.1) is 0 Å². The molecule has 0 bridgehead atoms. The number of aliphatic hydroxyl groups is 1. The van der Waals surface area contributed by atoms with E-state index in [1.54, 1.807) is 24.6 Å². The molecule has 0 aliphatic heterocycles. The van der Waals surface area contributed by atoms with Gasteiger partial charge in [-0.2, -0.15) is 0 Å². The predicted octanol–water partition coefficient (Wildman–Crippen LogP) is 2.98. The number of imidazole rings is 1. The quantitative estimate of drug-likeness (QED) is 0.659. The van der Waals surface area contributed by atoms with Gasteiger partial charge < -0.3 is 24.1 Å². The number of nitrogens with one attached hydrogen (secondary N) is 1. The van der Waals surface area contributed by atoms with Gasteiger partial charge in [0.05, 0.1) is 6.26 Å². The Bertz CT molecular complexity index is 766. The van der Waals surface area contributed by atoms with E-state index in [0.717, 1.165) is 17.1 Å². The Morgan fingerprint density at radius 3 is 2.72 bits per heavy atom. The van der Waals surface area contributed by atoms with Gasteiger partial charge in [-0.3, -0.25) is 0 Å². The van der Waals surface area contributed by atoms with Crippen LogP contribution in [0.15, 0.2) is 59.5 Å². The lowest BCUT2D eigenvalue weighted by atomic mass is 10.1. The first kappa shape index (κ1) is 17.3. The highest BCUT2D eigenvalue weighted by Crippen LogP contribution is 2.19. The van der Waals surface area contributed by atoms with Gasteiger partial charge >= 0.3 is 0 Å². The van der Waals surface area contributed by atoms with Crippen molar-refractivity contribution in [3.8, 4) is 5.75 Å². The molecule has 2 N–H and O–H groups in total. The molecule has 0 saturated carbocycles. The Morgan fingerprint density at radius 1 is 1.28 bits per heavy atom. The van der Waals surface area contributed by atoms with Crippen LogP contribution in [0.5, 0.6) is 5.75 Å². The van der Waals surface area contributed by atoms with E-state index in [1.165, 1.54) is 0 Å². The molecule has 25 heavy (non-hydrogen) atoms. The summed E-state index contributed by atoms with van der Waals surface area (Å²) < 4.78 is 12.9. The van der Waals surface area contributed by atoms with Crippen LogP contribution in [-0.4, -0.2) is 21.2 Å². The summed E-state index contributed by atoms with van der Waals surface area (Å²) in [5.41, 5.74) is 1.12. The third kappa shape index (κ3) is 4.49. The normalized spacial score (nSPS) is 13.6. The van der Waals surface area contributed by atoms with Crippen LogP contribution in [0.25, 0.3) is 0 Å². The van der Waals surface area contributed by atoms with E-state index >= 15 is 0 Å². The van der Waals surface area contributed by atoms with Crippen molar-refractivity contribution in [3.63, 3.8) is 0 Å². The first-order chi connectivity index (χ1) is 12.1. The molecule has 6 heteroatoms. The number of ether oxygens (including phenoxy) is 1. The van der Waals surface area contributed by atoms with Gasteiger partial charge in [0, 0.05) is 32.0 Å². The van der Waals surface area contributed by atoms with Gasteiger partial charge in [0.25, 0.3) is 0 Å². The SMILES string of the molecule is CC(NCC(O)c1ccco1)c1ccc(OCc2nccn2C)cc1. The summed E-state index contributed by atoms with van der Waals surface area (Å²) in [5, 5.41) is 13.4. The lowest BCUT2D eigenvalue weighted by Crippen LogP contribution is -2.24. The van der Waals surface area contributed by atoms with Gasteiger partial charge in [-0.25, -0.2) is 4.98 Å². The van der Waals surface area contributed by atoms with E-state index in [0.29, 0.717) is 18.9 Å². The molecule has 0 fully saturated rings. The average Bonchev–Trinajstić information content (AvgIpc) is 3.30. The maximum Gasteiger partial charge on any atom is 0.146 e. The van der Waals surface area contributed by atoms with Crippen LogP contribution < -0.4 is 10.1 Å². The second-order valence-corrected chi connectivity index (χ2v) is 5.97. The Kier molecular flexibility index (Phi) is 5.53. The molecule has 3 rings (SSSR count). The van der Waals surface area contributed by atoms with Crippen LogP contribution in [-0.2, 0) is 13.7 Å². The molecule has 2 atom stereocenters. The third-order valence-electron chi connectivity index (χ3n) is 4.16. The van der Waals surface area contributed by atoms with E-state index < -0.39 is 6.10 Å². The van der Waals surface area contributed by atoms with E-state index in [2.05, 4.69) is 17.2 Å². The van der Waals surface area contributed by atoms with Gasteiger partial charge in [-0.1, -0.05) is 12.1 Å². The fourth-order valence-electron chi connectivity index (χ4n) is 2.52. The third-order valence-corrected chi connectivity index (χ3v) is 4.16. The Morgan fingerprint density at radius 2 is 2.08 bits per heavy atom. The van der Waals surface area contributed by atoms with Crippen LogP contribution in [0.2, 0.25) is 0 Å². The summed E-state index contributed by atoms with van der Waals surface area (Å²) in [4.78, 5) is 4.24. The fourth-order valence-corrected chi connectivity index (χ4v) is 2.52. The highest BCUT2D eigenvalue weighted by atomic mass is 16.5. The first-order valence-electron chi connectivity index (χ1n) is 8.27. The molecule has 0 aliphatic rings. The van der Waals surface area contributed by atoms with Crippen LogP contribution in [0.1, 0.15) is 36.2 Å². The molecule has 0 radical (unpaired) electrons. The number of hydrogen-bond acceptors (Lipinski definition) is 5. The zero-order valence-electron chi connectivity index (χ0n) is 14.4. The summed E-state index contributed by atoms with van der Waals surface area (Å²) in [6.07, 6.45) is 4.56. The lowest BCUT2D eigenvalue weighted by molar-refractivity contribution is 0.144. The average molecular weight is 341 g/mol. The molecule has 6 nitrogen and oxygen atoms in total. The Balaban J connectivity index is 1.50. The molecular weight excluding hydrogens is 318 g/mol. The number of aromatic nitrogens is 2. The molecule has 132 valence electrons. The first-order valence-corrected chi connectivity index (χ1v) is 8.27. The van der Waals surface area contributed by atoms with E-state index in [-0.39, 0.29) is 6.04 Å². The summed E-state index contributed by atoms with van der Waals surface area (Å²) in [7, 11) is 1.94.